The molecule has 134 valence electrons. The van der Waals surface area contributed by atoms with Gasteiger partial charge in [0.25, 0.3) is 0 Å². The van der Waals surface area contributed by atoms with Crippen LogP contribution in [0.4, 0.5) is 0 Å². The van der Waals surface area contributed by atoms with Crippen molar-refractivity contribution in [3.63, 3.8) is 0 Å². The summed E-state index contributed by atoms with van der Waals surface area (Å²) < 4.78 is 1.56. The van der Waals surface area contributed by atoms with Crippen LogP contribution >= 0.6 is 0 Å². The van der Waals surface area contributed by atoms with Crippen LogP contribution in [0.15, 0.2) is 77.7 Å². The summed E-state index contributed by atoms with van der Waals surface area (Å²) >= 11 is 0. The highest BCUT2D eigenvalue weighted by atomic mass is 16.2. The molecule has 1 aromatic heterocycles. The summed E-state index contributed by atoms with van der Waals surface area (Å²) in [6, 6.07) is 21.2. The van der Waals surface area contributed by atoms with E-state index in [1.807, 2.05) is 37.3 Å². The number of nitrogens with one attached hydrogen (secondary N) is 1. The summed E-state index contributed by atoms with van der Waals surface area (Å²) in [5.41, 5.74) is 1.57. The van der Waals surface area contributed by atoms with Crippen LogP contribution in [0.3, 0.4) is 0 Å². The normalized spacial score (nSPS) is 12.2. The van der Waals surface area contributed by atoms with Gasteiger partial charge in [-0.05, 0) is 35.4 Å². The minimum absolute atomic E-state index is 0.0515. The Bertz CT molecular complexity index is 1190. The molecule has 1 unspecified atom stereocenters. The van der Waals surface area contributed by atoms with Gasteiger partial charge in [0.15, 0.2) is 0 Å². The fourth-order valence-corrected chi connectivity index (χ4v) is 3.42. The maximum absolute atomic E-state index is 12.6. The molecule has 5 heteroatoms. The van der Waals surface area contributed by atoms with Crippen molar-refractivity contribution in [3.8, 4) is 0 Å². The fourth-order valence-electron chi connectivity index (χ4n) is 3.42. The van der Waals surface area contributed by atoms with Crippen LogP contribution in [-0.2, 0) is 11.3 Å². The minimum atomic E-state index is -0.156. The Morgan fingerprint density at radius 1 is 1.00 bits per heavy atom. The first-order valence-electron chi connectivity index (χ1n) is 8.85. The Kier molecular flexibility index (Phi) is 4.42. The molecular formula is C22H19N3O2. The number of fused-ring (bicyclic) bond motifs is 2. The Balaban J connectivity index is 1.58. The second kappa shape index (κ2) is 7.03. The molecule has 27 heavy (non-hydrogen) atoms. The monoisotopic (exact) mass is 357 g/mol. The summed E-state index contributed by atoms with van der Waals surface area (Å²) in [6.45, 7) is 2.02. The van der Waals surface area contributed by atoms with Crippen molar-refractivity contribution >= 4 is 27.6 Å². The molecule has 0 aliphatic rings. The van der Waals surface area contributed by atoms with Gasteiger partial charge in [0.2, 0.25) is 11.3 Å². The third-order valence-electron chi connectivity index (χ3n) is 4.72. The van der Waals surface area contributed by atoms with Gasteiger partial charge in [-0.2, -0.15) is 5.10 Å². The second-order valence-electron chi connectivity index (χ2n) is 6.54. The lowest BCUT2D eigenvalue weighted by atomic mass is 10.00. The quantitative estimate of drug-likeness (QED) is 0.609. The van der Waals surface area contributed by atoms with E-state index < -0.39 is 0 Å². The van der Waals surface area contributed by atoms with Gasteiger partial charge in [-0.25, -0.2) is 0 Å². The molecule has 1 heterocycles. The molecule has 5 nitrogen and oxygen atoms in total. The third kappa shape index (κ3) is 3.31. The molecule has 0 saturated heterocycles. The molecule has 1 amide bonds. The predicted molar refractivity (Wildman–Crippen MR) is 107 cm³/mol. The predicted octanol–water partition coefficient (Wildman–Crippen LogP) is 3.43. The van der Waals surface area contributed by atoms with E-state index in [0.29, 0.717) is 10.9 Å². The summed E-state index contributed by atoms with van der Waals surface area (Å²) in [6.07, 6.45) is 1.25. The smallest absolute Gasteiger partial charge is 0.242 e. The lowest BCUT2D eigenvalue weighted by molar-refractivity contribution is -0.122. The van der Waals surface area contributed by atoms with Crippen LogP contribution in [0.1, 0.15) is 18.5 Å². The maximum atomic E-state index is 12.6. The van der Waals surface area contributed by atoms with Gasteiger partial charge in [0.05, 0.1) is 17.8 Å². The summed E-state index contributed by atoms with van der Waals surface area (Å²) in [7, 11) is 0. The lowest BCUT2D eigenvalue weighted by Gasteiger charge is -2.17. The van der Waals surface area contributed by atoms with Gasteiger partial charge in [0, 0.05) is 5.39 Å². The van der Waals surface area contributed by atoms with Crippen molar-refractivity contribution in [1.82, 2.24) is 15.1 Å². The van der Waals surface area contributed by atoms with Crippen molar-refractivity contribution in [2.75, 3.05) is 0 Å². The van der Waals surface area contributed by atoms with Gasteiger partial charge >= 0.3 is 0 Å². The molecule has 3 aromatic carbocycles. The number of carbonyl (C=O) groups excluding carboxylic acids is 1. The third-order valence-corrected chi connectivity index (χ3v) is 4.72. The first-order chi connectivity index (χ1) is 13.1. The summed E-state index contributed by atoms with van der Waals surface area (Å²) in [4.78, 5) is 24.5. The molecule has 0 aliphatic heterocycles. The number of aromatic nitrogens is 2. The molecule has 4 rings (SSSR count). The van der Waals surface area contributed by atoms with Gasteiger partial charge in [-0.3, -0.25) is 14.3 Å². The molecule has 0 bridgehead atoms. The Morgan fingerprint density at radius 3 is 2.56 bits per heavy atom. The molecule has 0 spiro atoms. The van der Waals surface area contributed by atoms with Crippen LogP contribution < -0.4 is 10.7 Å². The average molecular weight is 357 g/mol. The first-order valence-corrected chi connectivity index (χ1v) is 8.85. The van der Waals surface area contributed by atoms with Crippen LogP contribution in [-0.4, -0.2) is 15.7 Å². The lowest BCUT2D eigenvalue weighted by Crippen LogP contribution is -2.31. The topological polar surface area (TPSA) is 64.0 Å². The van der Waals surface area contributed by atoms with Gasteiger partial charge in [-0.1, -0.05) is 54.6 Å². The fraction of sp³-hybridized carbons (Fsp3) is 0.136. The van der Waals surface area contributed by atoms with Crippen LogP contribution in [0, 0.1) is 0 Å². The van der Waals surface area contributed by atoms with Crippen molar-refractivity contribution in [1.29, 1.82) is 0 Å². The number of nitrogens with zero attached hydrogens (tertiary/aromatic N) is 2. The van der Waals surface area contributed by atoms with Gasteiger partial charge < -0.3 is 5.32 Å². The number of benzene rings is 3. The summed E-state index contributed by atoms with van der Waals surface area (Å²) in [5.74, 6) is -0.156. The maximum Gasteiger partial charge on any atom is 0.242 e. The highest BCUT2D eigenvalue weighted by Crippen LogP contribution is 2.24. The molecule has 1 N–H and O–H groups in total. The molecule has 0 fully saturated rings. The standard InChI is InChI=1S/C22H19N3O2/c1-15(17-11-6-8-16-7-2-3-9-18(16)17)24-22(27)14-25-20-12-5-4-10-19(20)21(26)13-23-25/h2-13,15H,14H2,1H3,(H,24,27). The number of amides is 1. The first kappa shape index (κ1) is 17.0. The van der Waals surface area contributed by atoms with E-state index in [2.05, 4.69) is 28.6 Å². The molecule has 4 aromatic rings. The van der Waals surface area contributed by atoms with E-state index in [0.717, 1.165) is 16.3 Å². The van der Waals surface area contributed by atoms with E-state index in [1.165, 1.54) is 6.20 Å². The van der Waals surface area contributed by atoms with Gasteiger partial charge in [-0.15, -0.1) is 0 Å². The molecular weight excluding hydrogens is 338 g/mol. The van der Waals surface area contributed by atoms with Crippen LogP contribution in [0.25, 0.3) is 21.7 Å². The van der Waals surface area contributed by atoms with E-state index in [9.17, 15) is 9.59 Å². The van der Waals surface area contributed by atoms with Crippen LogP contribution in [0.2, 0.25) is 0 Å². The number of para-hydroxylation sites is 1. The molecule has 1 atom stereocenters. The second-order valence-corrected chi connectivity index (χ2v) is 6.54. The van der Waals surface area contributed by atoms with E-state index in [1.54, 1.807) is 22.9 Å². The highest BCUT2D eigenvalue weighted by molar-refractivity contribution is 5.87. The zero-order valence-corrected chi connectivity index (χ0v) is 14.9. The zero-order valence-electron chi connectivity index (χ0n) is 14.9. The number of hydrogen-bond acceptors (Lipinski definition) is 3. The Labute approximate surface area is 156 Å². The average Bonchev–Trinajstić information content (AvgIpc) is 2.70. The van der Waals surface area contributed by atoms with E-state index in [4.69, 9.17) is 0 Å². The van der Waals surface area contributed by atoms with Crippen molar-refractivity contribution in [2.24, 2.45) is 0 Å². The molecule has 0 aliphatic carbocycles. The SMILES string of the molecule is CC(NC(=O)Cn1ncc(=O)c2ccccc21)c1cccc2ccccc12. The van der Waals surface area contributed by atoms with Crippen LogP contribution in [0.5, 0.6) is 0 Å². The van der Waals surface area contributed by atoms with E-state index >= 15 is 0 Å². The molecule has 0 saturated carbocycles. The Morgan fingerprint density at radius 2 is 1.70 bits per heavy atom. The molecule has 0 radical (unpaired) electrons. The van der Waals surface area contributed by atoms with Crippen molar-refractivity contribution < 1.29 is 4.79 Å². The number of carbonyl (C=O) groups is 1. The van der Waals surface area contributed by atoms with Gasteiger partial charge in [0.1, 0.15) is 6.54 Å². The largest absolute Gasteiger partial charge is 0.348 e. The highest BCUT2D eigenvalue weighted by Gasteiger charge is 2.14. The zero-order chi connectivity index (χ0) is 18.8. The number of rotatable bonds is 4. The van der Waals surface area contributed by atoms with E-state index in [-0.39, 0.29) is 23.9 Å². The van der Waals surface area contributed by atoms with Crippen molar-refractivity contribution in [3.05, 3.63) is 88.7 Å². The number of hydrogen-bond donors (Lipinski definition) is 1. The minimum Gasteiger partial charge on any atom is -0.348 e. The summed E-state index contributed by atoms with van der Waals surface area (Å²) in [5, 5.41) is 9.98. The van der Waals surface area contributed by atoms with Crippen molar-refractivity contribution in [2.45, 2.75) is 19.5 Å². The Hall–Kier alpha value is -3.47.